The van der Waals surface area contributed by atoms with Crippen LogP contribution in [0.3, 0.4) is 0 Å². The van der Waals surface area contributed by atoms with E-state index in [1.807, 2.05) is 0 Å². The molecular formula is C37H56N4O4. The third-order valence-corrected chi connectivity index (χ3v) is 10.3. The van der Waals surface area contributed by atoms with Gasteiger partial charge in [-0.3, -0.25) is 9.59 Å². The molecule has 2 amide bonds. The van der Waals surface area contributed by atoms with Gasteiger partial charge in [0.25, 0.3) is 11.8 Å². The van der Waals surface area contributed by atoms with Crippen molar-refractivity contribution in [3.8, 4) is 0 Å². The molecular weight excluding hydrogens is 564 g/mol. The second-order valence-electron chi connectivity index (χ2n) is 13.5. The van der Waals surface area contributed by atoms with E-state index >= 15 is 0 Å². The minimum absolute atomic E-state index is 0.210. The van der Waals surface area contributed by atoms with Gasteiger partial charge in [-0.05, 0) is 87.5 Å². The molecule has 2 aromatic carbocycles. The monoisotopic (exact) mass is 620 g/mol. The van der Waals surface area contributed by atoms with Gasteiger partial charge in [0.2, 0.25) is 0 Å². The van der Waals surface area contributed by atoms with Crippen molar-refractivity contribution in [3.05, 3.63) is 68.1 Å². The number of rotatable bonds is 12. The molecule has 0 bridgehead atoms. The van der Waals surface area contributed by atoms with E-state index in [1.165, 1.54) is 11.1 Å². The second-order valence-corrected chi connectivity index (χ2v) is 13.5. The first-order valence-corrected chi connectivity index (χ1v) is 17.5. The summed E-state index contributed by atoms with van der Waals surface area (Å²) in [6, 6.07) is 7.06. The van der Waals surface area contributed by atoms with Gasteiger partial charge in [0.15, 0.2) is 12.1 Å². The molecule has 45 heavy (non-hydrogen) atoms. The number of quaternary nitrogens is 2. The van der Waals surface area contributed by atoms with E-state index < -0.39 is 21.4 Å². The first-order chi connectivity index (χ1) is 21.5. The fourth-order valence-electron chi connectivity index (χ4n) is 7.78. The Morgan fingerprint density at radius 3 is 1.29 bits per heavy atom. The molecule has 0 spiro atoms. The number of hydrogen-bond acceptors (Lipinski definition) is 4. The molecule has 8 nitrogen and oxygen atoms in total. The fraction of sp³-hybridized carbons (Fsp3) is 0.622. The Labute approximate surface area is 270 Å². The van der Waals surface area contributed by atoms with Crippen LogP contribution in [0.15, 0.2) is 24.3 Å². The van der Waals surface area contributed by atoms with Crippen LogP contribution < -0.4 is 10.6 Å². The van der Waals surface area contributed by atoms with Crippen molar-refractivity contribution in [1.82, 2.24) is 0 Å². The van der Waals surface area contributed by atoms with Gasteiger partial charge in [0.05, 0.1) is 26.2 Å². The number of anilines is 2. The maximum absolute atomic E-state index is 14.3. The van der Waals surface area contributed by atoms with E-state index in [9.17, 15) is 20.0 Å². The number of hydroxylamine groups is 6. The van der Waals surface area contributed by atoms with E-state index in [1.54, 1.807) is 0 Å². The van der Waals surface area contributed by atoms with Gasteiger partial charge in [-0.1, -0.05) is 63.1 Å². The Morgan fingerprint density at radius 2 is 0.978 bits per heavy atom. The average Bonchev–Trinajstić information content (AvgIpc) is 3.02. The second kappa shape index (κ2) is 15.2. The number of nitrogens with one attached hydrogen (secondary N) is 2. The van der Waals surface area contributed by atoms with Crippen molar-refractivity contribution in [1.29, 1.82) is 0 Å². The van der Waals surface area contributed by atoms with Crippen LogP contribution in [-0.4, -0.2) is 59.4 Å². The van der Waals surface area contributed by atoms with Crippen LogP contribution in [0.5, 0.6) is 0 Å². The zero-order valence-electron chi connectivity index (χ0n) is 28.6. The number of amides is 2. The summed E-state index contributed by atoms with van der Waals surface area (Å²) in [6.45, 7) is 13.6. The molecule has 0 aliphatic carbocycles. The van der Waals surface area contributed by atoms with Gasteiger partial charge < -0.3 is 30.3 Å². The number of likely N-dealkylation sites (tertiary alicyclic amines) is 2. The highest BCUT2D eigenvalue weighted by Gasteiger charge is 2.41. The van der Waals surface area contributed by atoms with Crippen molar-refractivity contribution in [2.24, 2.45) is 0 Å². The van der Waals surface area contributed by atoms with Crippen LogP contribution in [0, 0.1) is 24.3 Å². The number of carbonyl (C=O) groups is 2. The predicted octanol–water partition coefficient (Wildman–Crippen LogP) is 7.25. The number of hydrogen-bond donors (Lipinski definition) is 2. The number of nitrogens with zero attached hydrogens (tertiary/aromatic N) is 2. The quantitative estimate of drug-likeness (QED) is 0.193. The van der Waals surface area contributed by atoms with E-state index in [0.717, 1.165) is 85.0 Å². The Kier molecular flexibility index (Phi) is 11.9. The molecule has 248 valence electrons. The molecule has 2 aromatic rings. The van der Waals surface area contributed by atoms with Gasteiger partial charge in [0, 0.05) is 30.6 Å². The van der Waals surface area contributed by atoms with Crippen molar-refractivity contribution in [2.75, 3.05) is 36.8 Å². The smallest absolute Gasteiger partial charge is 0.283 e. The summed E-state index contributed by atoms with van der Waals surface area (Å²) < 4.78 is -1.19. The maximum atomic E-state index is 14.3. The molecule has 2 saturated heterocycles. The lowest BCUT2D eigenvalue weighted by Gasteiger charge is -2.53. The Morgan fingerprint density at radius 1 is 0.644 bits per heavy atom. The van der Waals surface area contributed by atoms with E-state index in [0.29, 0.717) is 32.4 Å². The molecule has 8 heteroatoms. The fourth-order valence-corrected chi connectivity index (χ4v) is 7.78. The van der Waals surface area contributed by atoms with Crippen LogP contribution in [0.4, 0.5) is 11.4 Å². The van der Waals surface area contributed by atoms with Crippen molar-refractivity contribution in [2.45, 2.75) is 124 Å². The van der Waals surface area contributed by atoms with E-state index in [4.69, 9.17) is 0 Å². The van der Waals surface area contributed by atoms with Gasteiger partial charge in [-0.25, -0.2) is 0 Å². The first kappa shape index (κ1) is 35.1. The lowest BCUT2D eigenvalue weighted by atomic mass is 9.96. The van der Waals surface area contributed by atoms with Crippen molar-refractivity contribution >= 4 is 23.2 Å². The van der Waals surface area contributed by atoms with Gasteiger partial charge in [-0.15, -0.1) is 0 Å². The average molecular weight is 621 g/mol. The molecule has 2 N–H and O–H groups in total. The Bertz CT molecular complexity index is 1210. The predicted molar refractivity (Wildman–Crippen MR) is 184 cm³/mol. The molecule has 2 heterocycles. The number of carbonyl (C=O) groups excluding carboxylic acids is 2. The topological polar surface area (TPSA) is 104 Å². The van der Waals surface area contributed by atoms with Gasteiger partial charge in [-0.2, -0.15) is 0 Å². The molecule has 2 fully saturated rings. The highest BCUT2D eigenvalue weighted by atomic mass is 16.6. The van der Waals surface area contributed by atoms with Crippen molar-refractivity contribution in [3.63, 3.8) is 0 Å². The number of aryl methyl sites for hydroxylation is 6. The molecule has 2 aliphatic rings. The number of benzene rings is 2. The standard InChI is InChI=1S/C37H56N4O4/c1-7-28-22-26(5)23-29(8-2)34(28)38-36(42)32-16-11-13-18-40(32,44)20-15-21-41(45)19-14-12-17-33(41)37(43)39-35-30(9-3)24-27(6)25-31(35)10-4/h22-25,32-33H,7-21H2,1-6H3,(H,38,42)(H,39,43)/t32-,33-,40+,41+/m0/s1. The van der Waals surface area contributed by atoms with Gasteiger partial charge in [0.1, 0.15) is 0 Å². The van der Waals surface area contributed by atoms with Crippen LogP contribution in [-0.2, 0) is 35.3 Å². The minimum Gasteiger partial charge on any atom is -0.632 e. The zero-order chi connectivity index (χ0) is 32.8. The summed E-state index contributed by atoms with van der Waals surface area (Å²) in [5.41, 5.74) is 8.41. The Balaban J connectivity index is 1.47. The molecule has 0 radical (unpaired) electrons. The molecule has 2 aliphatic heterocycles. The largest absolute Gasteiger partial charge is 0.632 e. The van der Waals surface area contributed by atoms with Gasteiger partial charge >= 0.3 is 0 Å². The van der Waals surface area contributed by atoms with Crippen molar-refractivity contribution < 1.29 is 18.9 Å². The number of piperidine rings is 2. The normalized spacial score (nSPS) is 25.2. The lowest BCUT2D eigenvalue weighted by Crippen LogP contribution is -2.61. The summed E-state index contributed by atoms with van der Waals surface area (Å²) in [7, 11) is 0. The zero-order valence-corrected chi connectivity index (χ0v) is 28.6. The van der Waals surface area contributed by atoms with Crippen LogP contribution >= 0.6 is 0 Å². The van der Waals surface area contributed by atoms with E-state index in [-0.39, 0.29) is 24.9 Å². The first-order valence-electron chi connectivity index (χ1n) is 17.5. The summed E-state index contributed by atoms with van der Waals surface area (Å²) in [4.78, 5) is 27.5. The highest BCUT2D eigenvalue weighted by Crippen LogP contribution is 2.32. The summed E-state index contributed by atoms with van der Waals surface area (Å²) in [6.07, 6.45) is 7.91. The molecule has 4 rings (SSSR count). The molecule has 0 saturated carbocycles. The third kappa shape index (κ3) is 7.97. The van der Waals surface area contributed by atoms with Crippen LogP contribution in [0.25, 0.3) is 0 Å². The minimum atomic E-state index is -0.698. The summed E-state index contributed by atoms with van der Waals surface area (Å²) in [5.74, 6) is -0.425. The SMILES string of the molecule is CCc1cc(C)cc(CC)c1NC(=O)[C@@H]1CCCC[N@@+]1([O-])CCC[N@+]1([O-])CCCC[C@H]1C(=O)Nc1c(CC)cc(C)cc1CC. The highest BCUT2D eigenvalue weighted by molar-refractivity contribution is 5.96. The summed E-state index contributed by atoms with van der Waals surface area (Å²) >= 11 is 0. The Hall–Kier alpha value is -2.78. The molecule has 0 aromatic heterocycles. The molecule has 4 atom stereocenters. The molecule has 0 unspecified atom stereocenters. The van der Waals surface area contributed by atoms with Crippen LogP contribution in [0.1, 0.15) is 106 Å². The third-order valence-electron chi connectivity index (χ3n) is 10.3. The summed E-state index contributed by atoms with van der Waals surface area (Å²) in [5, 5.41) is 35.0. The van der Waals surface area contributed by atoms with Crippen LogP contribution in [0.2, 0.25) is 0 Å². The maximum Gasteiger partial charge on any atom is 0.283 e. The lowest BCUT2D eigenvalue weighted by molar-refractivity contribution is -0.919. The van der Waals surface area contributed by atoms with E-state index in [2.05, 4.69) is 76.4 Å².